The SMILES string of the molecule is CCSC(Cn1ccnc1)c1ccc(Cl)cc1Cl. The number of halogens is 2. The molecule has 1 aromatic carbocycles. The molecule has 0 aliphatic rings. The average Bonchev–Trinajstić information content (AvgIpc) is 2.81. The highest BCUT2D eigenvalue weighted by Crippen LogP contribution is 2.36. The molecule has 1 heterocycles. The molecule has 1 aromatic heterocycles. The van der Waals surface area contributed by atoms with Gasteiger partial charge in [-0.15, -0.1) is 0 Å². The molecule has 1 unspecified atom stereocenters. The van der Waals surface area contributed by atoms with Gasteiger partial charge in [-0.25, -0.2) is 4.98 Å². The first kappa shape index (κ1) is 13.8. The lowest BCUT2D eigenvalue weighted by Crippen LogP contribution is -2.06. The Bertz CT molecular complexity index is 500. The van der Waals surface area contributed by atoms with E-state index in [0.29, 0.717) is 10.3 Å². The van der Waals surface area contributed by atoms with Crippen molar-refractivity contribution in [3.63, 3.8) is 0 Å². The number of imidazole rings is 1. The molecule has 0 spiro atoms. The predicted molar refractivity (Wildman–Crippen MR) is 79.6 cm³/mol. The third-order valence-electron chi connectivity index (χ3n) is 2.61. The molecule has 2 nitrogen and oxygen atoms in total. The van der Waals surface area contributed by atoms with Crippen molar-refractivity contribution in [3.8, 4) is 0 Å². The fourth-order valence-electron chi connectivity index (χ4n) is 1.79. The molecule has 0 amide bonds. The van der Waals surface area contributed by atoms with E-state index in [0.717, 1.165) is 22.9 Å². The minimum absolute atomic E-state index is 0.314. The van der Waals surface area contributed by atoms with Crippen LogP contribution in [0, 0.1) is 0 Å². The number of nitrogens with zero attached hydrogens (tertiary/aromatic N) is 2. The molecule has 96 valence electrons. The molecular formula is C13H14Cl2N2S. The van der Waals surface area contributed by atoms with Crippen molar-refractivity contribution in [2.45, 2.75) is 18.7 Å². The number of hydrogen-bond acceptors (Lipinski definition) is 2. The van der Waals surface area contributed by atoms with Gasteiger partial charge in [-0.3, -0.25) is 0 Å². The van der Waals surface area contributed by atoms with Crippen molar-refractivity contribution >= 4 is 35.0 Å². The molecule has 0 N–H and O–H groups in total. The highest BCUT2D eigenvalue weighted by atomic mass is 35.5. The first-order chi connectivity index (χ1) is 8.70. The first-order valence-corrected chi connectivity index (χ1v) is 7.53. The Kier molecular flexibility index (Phi) is 4.98. The van der Waals surface area contributed by atoms with Crippen LogP contribution in [0.2, 0.25) is 10.0 Å². The van der Waals surface area contributed by atoms with Crippen LogP contribution in [0.3, 0.4) is 0 Å². The van der Waals surface area contributed by atoms with Crippen LogP contribution in [0.25, 0.3) is 0 Å². The number of rotatable bonds is 5. The summed E-state index contributed by atoms with van der Waals surface area (Å²) in [5, 5.41) is 1.72. The van der Waals surface area contributed by atoms with Gasteiger partial charge in [-0.1, -0.05) is 36.2 Å². The van der Waals surface area contributed by atoms with Gasteiger partial charge >= 0.3 is 0 Å². The van der Waals surface area contributed by atoms with Gasteiger partial charge in [0.15, 0.2) is 0 Å². The number of benzene rings is 1. The van der Waals surface area contributed by atoms with E-state index < -0.39 is 0 Å². The van der Waals surface area contributed by atoms with E-state index in [9.17, 15) is 0 Å². The summed E-state index contributed by atoms with van der Waals surface area (Å²) in [5.41, 5.74) is 1.13. The van der Waals surface area contributed by atoms with E-state index in [1.165, 1.54) is 0 Å². The maximum atomic E-state index is 6.28. The summed E-state index contributed by atoms with van der Waals surface area (Å²) in [5.74, 6) is 1.04. The van der Waals surface area contributed by atoms with Crippen LogP contribution in [0.15, 0.2) is 36.9 Å². The molecule has 2 rings (SSSR count). The zero-order chi connectivity index (χ0) is 13.0. The molecule has 0 radical (unpaired) electrons. The maximum Gasteiger partial charge on any atom is 0.0946 e. The molecule has 1 atom stereocenters. The van der Waals surface area contributed by atoms with Crippen LogP contribution in [0.1, 0.15) is 17.7 Å². The van der Waals surface area contributed by atoms with Crippen molar-refractivity contribution in [2.24, 2.45) is 0 Å². The molecule has 0 saturated heterocycles. The van der Waals surface area contributed by atoms with Gasteiger partial charge < -0.3 is 4.57 Å². The second-order valence-corrected chi connectivity index (χ2v) is 6.19. The van der Waals surface area contributed by atoms with Crippen LogP contribution < -0.4 is 0 Å². The van der Waals surface area contributed by atoms with Crippen molar-refractivity contribution in [3.05, 3.63) is 52.5 Å². The van der Waals surface area contributed by atoms with Gasteiger partial charge in [-0.2, -0.15) is 11.8 Å². The molecule has 18 heavy (non-hydrogen) atoms. The predicted octanol–water partition coefficient (Wildman–Crippen LogP) is 4.68. The maximum absolute atomic E-state index is 6.28. The standard InChI is InChI=1S/C13H14Cl2N2S/c1-2-18-13(8-17-6-5-16-9-17)11-4-3-10(14)7-12(11)15/h3-7,9,13H,2,8H2,1H3. The van der Waals surface area contributed by atoms with Gasteiger partial charge in [0.1, 0.15) is 0 Å². The first-order valence-electron chi connectivity index (χ1n) is 5.73. The summed E-state index contributed by atoms with van der Waals surface area (Å²) >= 11 is 14.1. The van der Waals surface area contributed by atoms with Crippen LogP contribution in [0.5, 0.6) is 0 Å². The topological polar surface area (TPSA) is 17.8 Å². The summed E-state index contributed by atoms with van der Waals surface area (Å²) in [6.45, 7) is 3.01. The van der Waals surface area contributed by atoms with Crippen LogP contribution in [0.4, 0.5) is 0 Å². The molecule has 0 aliphatic carbocycles. The second kappa shape index (κ2) is 6.50. The zero-order valence-corrected chi connectivity index (χ0v) is 12.3. The summed E-state index contributed by atoms with van der Waals surface area (Å²) < 4.78 is 2.07. The van der Waals surface area contributed by atoms with Crippen LogP contribution in [-0.2, 0) is 6.54 Å². The monoisotopic (exact) mass is 300 g/mol. The quantitative estimate of drug-likeness (QED) is 0.797. The largest absolute Gasteiger partial charge is 0.336 e. The van der Waals surface area contributed by atoms with E-state index in [4.69, 9.17) is 23.2 Å². The third kappa shape index (κ3) is 3.44. The fraction of sp³-hybridized carbons (Fsp3) is 0.308. The van der Waals surface area contributed by atoms with E-state index in [1.807, 2.05) is 36.4 Å². The Morgan fingerprint density at radius 3 is 2.83 bits per heavy atom. The van der Waals surface area contributed by atoms with Crippen LogP contribution >= 0.6 is 35.0 Å². The van der Waals surface area contributed by atoms with Crippen LogP contribution in [-0.4, -0.2) is 15.3 Å². The van der Waals surface area contributed by atoms with Crippen molar-refractivity contribution in [2.75, 3.05) is 5.75 Å². The summed E-state index contributed by atoms with van der Waals surface area (Å²) in [6, 6.07) is 5.70. The van der Waals surface area contributed by atoms with Crippen molar-refractivity contribution in [1.29, 1.82) is 0 Å². The Hall–Kier alpha value is -0.640. The van der Waals surface area contributed by atoms with Gasteiger partial charge in [0.05, 0.1) is 6.33 Å². The Balaban J connectivity index is 2.23. The Morgan fingerprint density at radius 2 is 2.22 bits per heavy atom. The zero-order valence-electron chi connectivity index (χ0n) is 10.0. The van der Waals surface area contributed by atoms with Crippen molar-refractivity contribution in [1.82, 2.24) is 9.55 Å². The summed E-state index contributed by atoms with van der Waals surface area (Å²) in [4.78, 5) is 4.07. The average molecular weight is 301 g/mol. The highest BCUT2D eigenvalue weighted by Gasteiger charge is 2.15. The number of thioether (sulfide) groups is 1. The molecule has 0 aliphatic heterocycles. The van der Waals surface area contributed by atoms with Gasteiger partial charge in [0.25, 0.3) is 0 Å². The minimum atomic E-state index is 0.314. The van der Waals surface area contributed by atoms with Gasteiger partial charge in [0, 0.05) is 34.2 Å². The fourth-order valence-corrected chi connectivity index (χ4v) is 3.46. The molecule has 0 fully saturated rings. The summed E-state index contributed by atoms with van der Waals surface area (Å²) in [7, 11) is 0. The molecular weight excluding hydrogens is 287 g/mol. The van der Waals surface area contributed by atoms with Gasteiger partial charge in [0.2, 0.25) is 0 Å². The molecule has 5 heteroatoms. The smallest absolute Gasteiger partial charge is 0.0946 e. The lowest BCUT2D eigenvalue weighted by Gasteiger charge is -2.18. The lowest BCUT2D eigenvalue weighted by molar-refractivity contribution is 0.683. The Morgan fingerprint density at radius 1 is 1.39 bits per heavy atom. The molecule has 2 aromatic rings. The summed E-state index contributed by atoms with van der Waals surface area (Å²) in [6.07, 6.45) is 5.58. The van der Waals surface area contributed by atoms with E-state index in [1.54, 1.807) is 12.3 Å². The Labute approximate surface area is 121 Å². The molecule has 0 saturated carbocycles. The third-order valence-corrected chi connectivity index (χ3v) is 4.31. The van der Waals surface area contributed by atoms with E-state index in [2.05, 4.69) is 16.5 Å². The van der Waals surface area contributed by atoms with Gasteiger partial charge in [-0.05, 0) is 23.4 Å². The molecule has 0 bridgehead atoms. The highest BCUT2D eigenvalue weighted by molar-refractivity contribution is 7.99. The number of hydrogen-bond donors (Lipinski definition) is 0. The van der Waals surface area contributed by atoms with E-state index in [-0.39, 0.29) is 0 Å². The van der Waals surface area contributed by atoms with Crippen molar-refractivity contribution < 1.29 is 0 Å². The number of aromatic nitrogens is 2. The van der Waals surface area contributed by atoms with E-state index >= 15 is 0 Å². The lowest BCUT2D eigenvalue weighted by atomic mass is 10.1. The minimum Gasteiger partial charge on any atom is -0.336 e. The second-order valence-electron chi connectivity index (χ2n) is 3.87. The normalized spacial score (nSPS) is 12.6.